The number of hydrogen-bond donors (Lipinski definition) is 5. The van der Waals surface area contributed by atoms with Crippen LogP contribution in [0.4, 0.5) is 4.39 Å². The van der Waals surface area contributed by atoms with E-state index in [0.717, 1.165) is 21.7 Å². The van der Waals surface area contributed by atoms with Gasteiger partial charge in [0, 0.05) is 31.8 Å². The molecule has 294 valence electrons. The van der Waals surface area contributed by atoms with Crippen molar-refractivity contribution in [3.05, 3.63) is 76.2 Å². The highest BCUT2D eigenvalue weighted by molar-refractivity contribution is 7.13. The normalized spacial score (nSPS) is 17.5. The molecule has 2 heterocycles. The van der Waals surface area contributed by atoms with Crippen LogP contribution in [0.2, 0.25) is 0 Å². The fraction of sp³-hybridized carbons (Fsp3) is 0.525. The number of carbonyl (C=O) groups excluding carboxylic acids is 4. The number of ether oxygens (including phenoxy) is 1. The summed E-state index contributed by atoms with van der Waals surface area (Å²) in [5, 5.41) is 16.5. The van der Waals surface area contributed by atoms with Gasteiger partial charge < -0.3 is 36.8 Å². The Kier molecular flexibility index (Phi) is 15.3. The standard InChI is InChI=1S/C40H55FN6O6S/c1-24(27-12-14-29(15-13-27)36-25(2)44-23-54-36)45-38(51)33-19-31(48)20-47(33)39(52)37(40(3,4)5)46-35(50)9-7-6-8-28-11-10-26(18-32(28)41)21-53-22-30(42)16-17-34(43)49/h10-15,18,23-24,30-31,33,37,48H,6-9,16-17,19-22,42H2,1-5H3,(H2,43,49)(H,45,51)(H,46,50)/t24-,30-,31+,33-,37+/m0/s1. The number of aliphatic hydroxyl groups is 1. The molecule has 5 atom stereocenters. The zero-order valence-corrected chi connectivity index (χ0v) is 32.7. The number of carbonyl (C=O) groups is 4. The van der Waals surface area contributed by atoms with E-state index in [1.54, 1.807) is 23.5 Å². The number of nitrogens with one attached hydrogen (secondary N) is 2. The number of hydrogen-bond acceptors (Lipinski definition) is 9. The van der Waals surface area contributed by atoms with E-state index in [0.29, 0.717) is 36.8 Å². The molecule has 0 saturated carbocycles. The van der Waals surface area contributed by atoms with Gasteiger partial charge in [0.1, 0.15) is 17.9 Å². The van der Waals surface area contributed by atoms with Gasteiger partial charge in [-0.1, -0.05) is 57.2 Å². The van der Waals surface area contributed by atoms with E-state index in [2.05, 4.69) is 15.6 Å². The van der Waals surface area contributed by atoms with E-state index in [1.165, 1.54) is 11.0 Å². The van der Waals surface area contributed by atoms with E-state index in [1.807, 2.05) is 64.4 Å². The smallest absolute Gasteiger partial charge is 0.246 e. The highest BCUT2D eigenvalue weighted by atomic mass is 32.1. The molecule has 2 aromatic carbocycles. The van der Waals surface area contributed by atoms with Gasteiger partial charge >= 0.3 is 0 Å². The maximum Gasteiger partial charge on any atom is 0.246 e. The number of β-amino-alcohol motifs (C(OH)–C–C–N with tert-alkyl or cyclic N) is 1. The molecule has 14 heteroatoms. The highest BCUT2D eigenvalue weighted by Crippen LogP contribution is 2.30. The molecule has 4 rings (SSSR count). The number of aliphatic hydroxyl groups excluding tert-OH is 1. The molecule has 12 nitrogen and oxygen atoms in total. The summed E-state index contributed by atoms with van der Waals surface area (Å²) in [7, 11) is 0. The molecule has 1 fully saturated rings. The van der Waals surface area contributed by atoms with Crippen molar-refractivity contribution < 1.29 is 33.4 Å². The van der Waals surface area contributed by atoms with Gasteiger partial charge in [-0.25, -0.2) is 9.37 Å². The quantitative estimate of drug-likeness (QED) is 0.117. The molecule has 54 heavy (non-hydrogen) atoms. The number of benzene rings is 2. The third kappa shape index (κ3) is 12.1. The number of rotatable bonds is 18. The third-order valence-electron chi connectivity index (χ3n) is 9.64. The first-order valence-corrected chi connectivity index (χ1v) is 19.4. The van der Waals surface area contributed by atoms with E-state index in [9.17, 15) is 28.7 Å². The van der Waals surface area contributed by atoms with Gasteiger partial charge in [-0.2, -0.15) is 0 Å². The minimum absolute atomic E-state index is 0.0162. The lowest BCUT2D eigenvalue weighted by molar-refractivity contribution is -0.144. The van der Waals surface area contributed by atoms with Crippen LogP contribution in [0.1, 0.15) is 94.6 Å². The van der Waals surface area contributed by atoms with Crippen molar-refractivity contribution in [2.45, 2.75) is 116 Å². The van der Waals surface area contributed by atoms with Gasteiger partial charge in [0.15, 0.2) is 0 Å². The number of aromatic nitrogens is 1. The predicted molar refractivity (Wildman–Crippen MR) is 206 cm³/mol. The molecule has 0 unspecified atom stereocenters. The first-order chi connectivity index (χ1) is 25.5. The summed E-state index contributed by atoms with van der Waals surface area (Å²) < 4.78 is 20.4. The molecular formula is C40H55FN6O6S. The lowest BCUT2D eigenvalue weighted by Crippen LogP contribution is -2.57. The summed E-state index contributed by atoms with van der Waals surface area (Å²) in [4.78, 5) is 58.4. The van der Waals surface area contributed by atoms with Gasteiger partial charge in [0.05, 0.1) is 41.4 Å². The lowest BCUT2D eigenvalue weighted by atomic mass is 9.85. The Balaban J connectivity index is 1.27. The topological polar surface area (TPSA) is 190 Å². The number of likely N-dealkylation sites (tertiary alicyclic amines) is 1. The minimum Gasteiger partial charge on any atom is -0.391 e. The van der Waals surface area contributed by atoms with E-state index >= 15 is 0 Å². The van der Waals surface area contributed by atoms with Crippen LogP contribution < -0.4 is 22.1 Å². The van der Waals surface area contributed by atoms with Crippen LogP contribution in [-0.2, 0) is 36.9 Å². The van der Waals surface area contributed by atoms with E-state index in [4.69, 9.17) is 16.2 Å². The number of unbranched alkanes of at least 4 members (excludes halogenated alkanes) is 1. The summed E-state index contributed by atoms with van der Waals surface area (Å²) >= 11 is 1.57. The van der Waals surface area contributed by atoms with Crippen LogP contribution in [0.5, 0.6) is 0 Å². The first kappa shape index (κ1) is 42.5. The van der Waals surface area contributed by atoms with Gasteiger partial charge in [-0.3, -0.25) is 19.2 Å². The number of nitrogens with zero attached hydrogens (tertiary/aromatic N) is 2. The number of thiazole rings is 1. The Bertz CT molecular complexity index is 1740. The minimum atomic E-state index is -0.935. The predicted octanol–water partition coefficient (Wildman–Crippen LogP) is 4.45. The van der Waals surface area contributed by atoms with E-state index in [-0.39, 0.29) is 68.7 Å². The first-order valence-electron chi connectivity index (χ1n) is 18.5. The Labute approximate surface area is 321 Å². The molecule has 3 aromatic rings. The Hall–Kier alpha value is -4.24. The Morgan fingerprint density at radius 2 is 1.81 bits per heavy atom. The van der Waals surface area contributed by atoms with Crippen molar-refractivity contribution in [1.29, 1.82) is 0 Å². The molecule has 0 bridgehead atoms. The largest absolute Gasteiger partial charge is 0.391 e. The van der Waals surface area contributed by atoms with Gasteiger partial charge in [0.2, 0.25) is 23.6 Å². The number of amides is 4. The third-order valence-corrected chi connectivity index (χ3v) is 10.6. The molecule has 4 amide bonds. The summed E-state index contributed by atoms with van der Waals surface area (Å²) in [6.07, 6.45) is 1.40. The molecule has 1 aliphatic rings. The van der Waals surface area contributed by atoms with Crippen LogP contribution in [0.3, 0.4) is 0 Å². The van der Waals surface area contributed by atoms with Crippen molar-refractivity contribution in [1.82, 2.24) is 20.5 Å². The lowest BCUT2D eigenvalue weighted by Gasteiger charge is -2.35. The molecule has 0 aliphatic carbocycles. The second-order valence-corrected chi connectivity index (χ2v) is 16.1. The Morgan fingerprint density at radius 1 is 1.09 bits per heavy atom. The van der Waals surface area contributed by atoms with Crippen molar-refractivity contribution in [3.63, 3.8) is 0 Å². The number of primary amides is 1. The monoisotopic (exact) mass is 766 g/mol. The molecule has 0 spiro atoms. The number of halogens is 1. The van der Waals surface area contributed by atoms with Crippen LogP contribution in [0, 0.1) is 18.2 Å². The molecule has 7 N–H and O–H groups in total. The van der Waals surface area contributed by atoms with Gasteiger partial charge in [-0.15, -0.1) is 11.3 Å². The van der Waals surface area contributed by atoms with Gasteiger partial charge in [-0.05, 0) is 73.3 Å². The molecule has 1 aliphatic heterocycles. The summed E-state index contributed by atoms with van der Waals surface area (Å²) in [6, 6.07) is 10.3. The average Bonchev–Trinajstić information content (AvgIpc) is 3.73. The molecule has 0 radical (unpaired) electrons. The molecule has 1 saturated heterocycles. The van der Waals surface area contributed by atoms with Crippen LogP contribution in [0.25, 0.3) is 10.4 Å². The zero-order valence-electron chi connectivity index (χ0n) is 31.9. The zero-order chi connectivity index (χ0) is 39.6. The van der Waals surface area contributed by atoms with Crippen molar-refractivity contribution in [2.75, 3.05) is 13.2 Å². The fourth-order valence-electron chi connectivity index (χ4n) is 6.47. The number of nitrogens with two attached hydrogens (primary N) is 2. The summed E-state index contributed by atoms with van der Waals surface area (Å²) in [5.41, 5.74) is 16.3. The second-order valence-electron chi connectivity index (χ2n) is 15.3. The SMILES string of the molecule is Cc1ncsc1-c1ccc([C@H](C)NC(=O)[C@@H]2C[C@@H](O)CN2C(=O)[C@@H](NC(=O)CCCCc2ccc(COC[C@@H](N)CCC(N)=O)cc2F)C(C)(C)C)cc1. The fourth-order valence-corrected chi connectivity index (χ4v) is 7.28. The van der Waals surface area contributed by atoms with Crippen molar-refractivity contribution in [2.24, 2.45) is 16.9 Å². The van der Waals surface area contributed by atoms with Crippen molar-refractivity contribution >= 4 is 35.0 Å². The van der Waals surface area contributed by atoms with Crippen LogP contribution >= 0.6 is 11.3 Å². The van der Waals surface area contributed by atoms with Gasteiger partial charge in [0.25, 0.3) is 0 Å². The maximum absolute atomic E-state index is 14.8. The number of aryl methyl sites for hydroxylation is 2. The summed E-state index contributed by atoms with van der Waals surface area (Å²) in [5.74, 6) is -1.91. The second kappa shape index (κ2) is 19.4. The van der Waals surface area contributed by atoms with Crippen LogP contribution in [0.15, 0.2) is 48.0 Å². The highest BCUT2D eigenvalue weighted by Gasteiger charge is 2.44. The Morgan fingerprint density at radius 3 is 2.44 bits per heavy atom. The molecular weight excluding hydrogens is 712 g/mol. The van der Waals surface area contributed by atoms with Crippen LogP contribution in [-0.4, -0.2) is 76.0 Å². The molecule has 1 aromatic heterocycles. The average molecular weight is 767 g/mol. The van der Waals surface area contributed by atoms with E-state index < -0.39 is 35.4 Å². The maximum atomic E-state index is 14.8. The van der Waals surface area contributed by atoms with Crippen molar-refractivity contribution in [3.8, 4) is 10.4 Å². The summed E-state index contributed by atoms with van der Waals surface area (Å²) in [6.45, 7) is 9.74.